The van der Waals surface area contributed by atoms with Gasteiger partial charge >= 0.3 is 0 Å². The van der Waals surface area contributed by atoms with Crippen LogP contribution in [0.3, 0.4) is 0 Å². The highest BCUT2D eigenvalue weighted by Crippen LogP contribution is 2.42. The molecule has 0 bridgehead atoms. The molecular formula is C19H17NO. The molecule has 0 saturated heterocycles. The molecule has 2 heteroatoms. The van der Waals surface area contributed by atoms with Gasteiger partial charge in [-0.15, -0.1) is 0 Å². The molecular weight excluding hydrogens is 258 g/mol. The van der Waals surface area contributed by atoms with Gasteiger partial charge in [0.15, 0.2) is 0 Å². The van der Waals surface area contributed by atoms with E-state index in [9.17, 15) is 5.11 Å². The summed E-state index contributed by atoms with van der Waals surface area (Å²) in [7, 11) is 0. The lowest BCUT2D eigenvalue weighted by molar-refractivity contribution is 0.0830. The average Bonchev–Trinajstić information content (AvgIpc) is 2.85. The molecule has 1 aliphatic carbocycles. The van der Waals surface area contributed by atoms with E-state index in [0.29, 0.717) is 0 Å². The van der Waals surface area contributed by atoms with Gasteiger partial charge in [0, 0.05) is 11.6 Å². The molecule has 4 rings (SSSR count). The first kappa shape index (κ1) is 12.5. The number of aromatic nitrogens is 1. The Balaban J connectivity index is 1.91. The topological polar surface area (TPSA) is 33.1 Å². The molecule has 104 valence electrons. The molecule has 0 amide bonds. The Morgan fingerprint density at radius 1 is 1.10 bits per heavy atom. The molecule has 0 saturated carbocycles. The van der Waals surface area contributed by atoms with Crippen LogP contribution in [-0.2, 0) is 12.0 Å². The normalized spacial score (nSPS) is 20.7. The third-order valence-corrected chi connectivity index (χ3v) is 4.55. The van der Waals surface area contributed by atoms with Gasteiger partial charge in [0.2, 0.25) is 0 Å². The van der Waals surface area contributed by atoms with Crippen molar-refractivity contribution in [2.45, 2.75) is 25.4 Å². The molecule has 1 unspecified atom stereocenters. The Morgan fingerprint density at radius 2 is 2.00 bits per heavy atom. The fourth-order valence-electron chi connectivity index (χ4n) is 3.37. The van der Waals surface area contributed by atoms with Gasteiger partial charge in [0.05, 0.1) is 5.52 Å². The van der Waals surface area contributed by atoms with E-state index in [-0.39, 0.29) is 0 Å². The van der Waals surface area contributed by atoms with E-state index in [2.05, 4.69) is 30.1 Å². The van der Waals surface area contributed by atoms with Crippen LogP contribution in [0.2, 0.25) is 0 Å². The van der Waals surface area contributed by atoms with Crippen molar-refractivity contribution in [3.63, 3.8) is 0 Å². The van der Waals surface area contributed by atoms with Crippen LogP contribution in [0.5, 0.6) is 0 Å². The molecule has 0 aliphatic heterocycles. The largest absolute Gasteiger partial charge is 0.380 e. The zero-order chi connectivity index (χ0) is 14.4. The van der Waals surface area contributed by atoms with Gasteiger partial charge in [0.25, 0.3) is 0 Å². The molecule has 1 heterocycles. The van der Waals surface area contributed by atoms with Crippen molar-refractivity contribution in [1.29, 1.82) is 0 Å². The van der Waals surface area contributed by atoms with Crippen molar-refractivity contribution >= 4 is 10.9 Å². The number of nitrogens with zero attached hydrogens (tertiary/aromatic N) is 1. The molecule has 1 atom stereocenters. The van der Waals surface area contributed by atoms with Crippen molar-refractivity contribution in [3.8, 4) is 0 Å². The van der Waals surface area contributed by atoms with E-state index >= 15 is 0 Å². The van der Waals surface area contributed by atoms with Crippen LogP contribution in [0.1, 0.15) is 28.7 Å². The van der Waals surface area contributed by atoms with E-state index in [1.807, 2.05) is 30.3 Å². The predicted molar refractivity (Wildman–Crippen MR) is 84.2 cm³/mol. The van der Waals surface area contributed by atoms with E-state index in [1.54, 1.807) is 6.20 Å². The summed E-state index contributed by atoms with van der Waals surface area (Å²) in [5, 5.41) is 12.4. The molecule has 0 spiro atoms. The van der Waals surface area contributed by atoms with E-state index < -0.39 is 5.60 Å². The first-order valence-electron chi connectivity index (χ1n) is 7.34. The molecule has 1 N–H and O–H groups in total. The van der Waals surface area contributed by atoms with E-state index in [4.69, 9.17) is 0 Å². The molecule has 2 nitrogen and oxygen atoms in total. The zero-order valence-corrected chi connectivity index (χ0v) is 12.0. The first-order valence-corrected chi connectivity index (χ1v) is 7.34. The van der Waals surface area contributed by atoms with Crippen LogP contribution in [0, 0.1) is 6.92 Å². The van der Waals surface area contributed by atoms with Gasteiger partial charge in [-0.2, -0.15) is 0 Å². The van der Waals surface area contributed by atoms with Crippen LogP contribution in [-0.4, -0.2) is 10.1 Å². The summed E-state index contributed by atoms with van der Waals surface area (Å²) in [4.78, 5) is 4.41. The zero-order valence-electron chi connectivity index (χ0n) is 12.0. The van der Waals surface area contributed by atoms with Gasteiger partial charge in [-0.3, -0.25) is 4.98 Å². The Hall–Kier alpha value is -2.19. The lowest BCUT2D eigenvalue weighted by atomic mass is 9.87. The third-order valence-electron chi connectivity index (χ3n) is 4.55. The predicted octanol–water partition coefficient (Wildman–Crippen LogP) is 3.73. The lowest BCUT2D eigenvalue weighted by Crippen LogP contribution is -2.23. The van der Waals surface area contributed by atoms with E-state index in [1.165, 1.54) is 11.1 Å². The highest BCUT2D eigenvalue weighted by Gasteiger charge is 2.38. The molecule has 21 heavy (non-hydrogen) atoms. The van der Waals surface area contributed by atoms with Crippen molar-refractivity contribution < 1.29 is 5.11 Å². The Morgan fingerprint density at radius 3 is 2.90 bits per heavy atom. The van der Waals surface area contributed by atoms with Crippen molar-refractivity contribution in [3.05, 3.63) is 77.0 Å². The van der Waals surface area contributed by atoms with Gasteiger partial charge in [-0.05, 0) is 48.6 Å². The number of rotatable bonds is 1. The molecule has 0 fully saturated rings. The minimum atomic E-state index is -0.882. The maximum Gasteiger partial charge on any atom is 0.115 e. The Bertz CT molecular complexity index is 840. The summed E-state index contributed by atoms with van der Waals surface area (Å²) >= 11 is 0. The van der Waals surface area contributed by atoms with Crippen LogP contribution in [0.25, 0.3) is 10.9 Å². The Kier molecular flexibility index (Phi) is 2.63. The van der Waals surface area contributed by atoms with Crippen LogP contribution >= 0.6 is 0 Å². The second-order valence-electron chi connectivity index (χ2n) is 5.93. The summed E-state index contributed by atoms with van der Waals surface area (Å²) in [6, 6.07) is 16.4. The van der Waals surface area contributed by atoms with Crippen LogP contribution in [0.4, 0.5) is 0 Å². The summed E-state index contributed by atoms with van der Waals surface area (Å²) in [6.07, 6.45) is 3.46. The van der Waals surface area contributed by atoms with Gasteiger partial charge < -0.3 is 5.11 Å². The van der Waals surface area contributed by atoms with Crippen molar-refractivity contribution in [1.82, 2.24) is 4.98 Å². The minimum Gasteiger partial charge on any atom is -0.380 e. The summed E-state index contributed by atoms with van der Waals surface area (Å²) in [6.45, 7) is 2.07. The standard InChI is InChI=1S/C19H17NO/c1-13-4-5-14-8-9-19(21,17(14)11-13)16-7-6-15-3-2-10-20-18(15)12-16/h2-7,10-12,21H,8-9H2,1H3. The number of aliphatic hydroxyl groups is 1. The number of hydrogen-bond acceptors (Lipinski definition) is 2. The second-order valence-corrected chi connectivity index (χ2v) is 5.93. The maximum absolute atomic E-state index is 11.3. The molecule has 0 radical (unpaired) electrons. The van der Waals surface area contributed by atoms with Crippen molar-refractivity contribution in [2.24, 2.45) is 0 Å². The number of benzene rings is 2. The minimum absolute atomic E-state index is 0.740. The molecule has 2 aromatic carbocycles. The SMILES string of the molecule is Cc1ccc2c(c1)C(O)(c1ccc3cccnc3c1)CC2. The van der Waals surface area contributed by atoms with Crippen LogP contribution < -0.4 is 0 Å². The van der Waals surface area contributed by atoms with Gasteiger partial charge in [-0.25, -0.2) is 0 Å². The quantitative estimate of drug-likeness (QED) is 0.734. The van der Waals surface area contributed by atoms with Crippen molar-refractivity contribution in [2.75, 3.05) is 0 Å². The first-order chi connectivity index (χ1) is 10.2. The number of hydrogen-bond donors (Lipinski definition) is 1. The summed E-state index contributed by atoms with van der Waals surface area (Å²) in [5.74, 6) is 0. The third kappa shape index (κ3) is 1.87. The fraction of sp³-hybridized carbons (Fsp3) is 0.211. The molecule has 1 aromatic heterocycles. The van der Waals surface area contributed by atoms with Gasteiger partial charge in [0.1, 0.15) is 5.60 Å². The number of aryl methyl sites for hydroxylation is 2. The summed E-state index contributed by atoms with van der Waals surface area (Å²) < 4.78 is 0. The lowest BCUT2D eigenvalue weighted by Gasteiger charge is -2.25. The second kappa shape index (κ2) is 4.40. The average molecular weight is 275 g/mol. The smallest absolute Gasteiger partial charge is 0.115 e. The monoisotopic (exact) mass is 275 g/mol. The highest BCUT2D eigenvalue weighted by atomic mass is 16.3. The fourth-order valence-corrected chi connectivity index (χ4v) is 3.37. The number of pyridine rings is 1. The van der Waals surface area contributed by atoms with E-state index in [0.717, 1.165) is 34.9 Å². The number of fused-ring (bicyclic) bond motifs is 2. The molecule has 3 aromatic rings. The van der Waals surface area contributed by atoms with Crippen LogP contribution in [0.15, 0.2) is 54.7 Å². The summed E-state index contributed by atoms with van der Waals surface area (Å²) in [5.41, 5.74) is 4.49. The highest BCUT2D eigenvalue weighted by molar-refractivity contribution is 5.79. The maximum atomic E-state index is 11.3. The van der Waals surface area contributed by atoms with Gasteiger partial charge in [-0.1, -0.05) is 42.0 Å². The molecule has 1 aliphatic rings. The Labute approximate surface area is 124 Å².